The predicted molar refractivity (Wildman–Crippen MR) is 68.4 cm³/mol. The van der Waals surface area contributed by atoms with Gasteiger partial charge < -0.3 is 9.88 Å². The third-order valence-electron chi connectivity index (χ3n) is 3.73. The Morgan fingerprint density at radius 2 is 1.88 bits per heavy atom. The number of aromatic nitrogens is 1. The van der Waals surface area contributed by atoms with Crippen molar-refractivity contribution < 1.29 is 4.79 Å². The van der Waals surface area contributed by atoms with Crippen molar-refractivity contribution >= 4 is 6.29 Å². The fourth-order valence-electron chi connectivity index (χ4n) is 2.40. The molecule has 17 heavy (non-hydrogen) atoms. The van der Waals surface area contributed by atoms with E-state index in [2.05, 4.69) is 21.8 Å². The molecule has 4 nitrogen and oxygen atoms in total. The summed E-state index contributed by atoms with van der Waals surface area (Å²) in [6.45, 7) is 9.50. The Kier molecular flexibility index (Phi) is 3.64. The largest absolute Gasteiger partial charge is 0.356 e. The van der Waals surface area contributed by atoms with E-state index >= 15 is 0 Å². The zero-order valence-corrected chi connectivity index (χ0v) is 10.9. The van der Waals surface area contributed by atoms with Crippen LogP contribution in [0.15, 0.2) is 0 Å². The van der Waals surface area contributed by atoms with Crippen molar-refractivity contribution in [3.05, 3.63) is 22.5 Å². The van der Waals surface area contributed by atoms with Gasteiger partial charge >= 0.3 is 0 Å². The summed E-state index contributed by atoms with van der Waals surface area (Å²) in [7, 11) is 2.16. The molecule has 0 atom stereocenters. The third kappa shape index (κ3) is 2.58. The summed E-state index contributed by atoms with van der Waals surface area (Å²) >= 11 is 0. The van der Waals surface area contributed by atoms with Gasteiger partial charge in [-0.3, -0.25) is 9.69 Å². The van der Waals surface area contributed by atoms with Crippen LogP contribution in [0.1, 0.15) is 27.3 Å². The molecule has 1 N–H and O–H groups in total. The molecule has 0 radical (unpaired) electrons. The summed E-state index contributed by atoms with van der Waals surface area (Å²) < 4.78 is 0. The highest BCUT2D eigenvalue weighted by Gasteiger charge is 2.17. The standard InChI is InChI=1S/C13H21N3O/c1-10-12(11(2)14-13(10)9-17)8-16-6-4-15(3)5-7-16/h9,14H,4-8H2,1-3H3. The molecule has 0 unspecified atom stereocenters. The molecule has 0 aliphatic carbocycles. The van der Waals surface area contributed by atoms with Crippen LogP contribution in [-0.4, -0.2) is 54.3 Å². The van der Waals surface area contributed by atoms with E-state index in [1.807, 2.05) is 13.8 Å². The fourth-order valence-corrected chi connectivity index (χ4v) is 2.40. The topological polar surface area (TPSA) is 39.3 Å². The minimum absolute atomic E-state index is 0.728. The Balaban J connectivity index is 2.08. The Labute approximate surface area is 103 Å². The molecule has 94 valence electrons. The Bertz CT molecular complexity index is 403. The maximum Gasteiger partial charge on any atom is 0.166 e. The van der Waals surface area contributed by atoms with E-state index in [1.54, 1.807) is 0 Å². The van der Waals surface area contributed by atoms with Crippen molar-refractivity contribution in [2.24, 2.45) is 0 Å². The quantitative estimate of drug-likeness (QED) is 0.800. The first-order valence-electron chi connectivity index (χ1n) is 6.16. The highest BCUT2D eigenvalue weighted by Crippen LogP contribution is 2.19. The highest BCUT2D eigenvalue weighted by molar-refractivity contribution is 5.75. The smallest absolute Gasteiger partial charge is 0.166 e. The van der Waals surface area contributed by atoms with E-state index in [-0.39, 0.29) is 0 Å². The van der Waals surface area contributed by atoms with Gasteiger partial charge in [0.05, 0.1) is 5.69 Å². The maximum atomic E-state index is 10.9. The first kappa shape index (κ1) is 12.3. The summed E-state index contributed by atoms with van der Waals surface area (Å²) in [5, 5.41) is 0. The van der Waals surface area contributed by atoms with Crippen LogP contribution in [0.2, 0.25) is 0 Å². The number of aromatic amines is 1. The van der Waals surface area contributed by atoms with Gasteiger partial charge in [-0.25, -0.2) is 0 Å². The Morgan fingerprint density at radius 1 is 1.24 bits per heavy atom. The second-order valence-electron chi connectivity index (χ2n) is 4.96. The first-order valence-corrected chi connectivity index (χ1v) is 6.16. The second kappa shape index (κ2) is 5.02. The molecule has 0 amide bonds. The van der Waals surface area contributed by atoms with E-state index in [0.29, 0.717) is 0 Å². The number of hydrogen-bond donors (Lipinski definition) is 1. The van der Waals surface area contributed by atoms with E-state index in [0.717, 1.165) is 56.0 Å². The van der Waals surface area contributed by atoms with Crippen LogP contribution in [0.3, 0.4) is 0 Å². The zero-order valence-electron chi connectivity index (χ0n) is 10.9. The average molecular weight is 235 g/mol. The lowest BCUT2D eigenvalue weighted by molar-refractivity contribution is 0.111. The minimum Gasteiger partial charge on any atom is -0.356 e. The van der Waals surface area contributed by atoms with Crippen LogP contribution in [0, 0.1) is 13.8 Å². The van der Waals surface area contributed by atoms with Crippen molar-refractivity contribution in [2.45, 2.75) is 20.4 Å². The summed E-state index contributed by atoms with van der Waals surface area (Å²) in [5.41, 5.74) is 4.25. The van der Waals surface area contributed by atoms with Crippen LogP contribution in [0.4, 0.5) is 0 Å². The molecular weight excluding hydrogens is 214 g/mol. The first-order chi connectivity index (χ1) is 8.11. The van der Waals surface area contributed by atoms with Crippen LogP contribution in [-0.2, 0) is 6.54 Å². The number of aryl methyl sites for hydroxylation is 1. The van der Waals surface area contributed by atoms with E-state index in [1.165, 1.54) is 5.56 Å². The third-order valence-corrected chi connectivity index (χ3v) is 3.73. The van der Waals surface area contributed by atoms with Crippen molar-refractivity contribution in [2.75, 3.05) is 33.2 Å². The highest BCUT2D eigenvalue weighted by atomic mass is 16.1. The lowest BCUT2D eigenvalue weighted by Gasteiger charge is -2.32. The van der Waals surface area contributed by atoms with Crippen molar-refractivity contribution in [1.29, 1.82) is 0 Å². The molecule has 1 aliphatic rings. The number of rotatable bonds is 3. The fraction of sp³-hybridized carbons (Fsp3) is 0.615. The molecular formula is C13H21N3O. The number of carbonyl (C=O) groups excluding carboxylic acids is 1. The SMILES string of the molecule is Cc1[nH]c(C=O)c(C)c1CN1CCN(C)CC1. The molecule has 0 bridgehead atoms. The average Bonchev–Trinajstić information content (AvgIpc) is 2.59. The van der Waals surface area contributed by atoms with Gasteiger partial charge in [0, 0.05) is 38.4 Å². The molecule has 1 saturated heterocycles. The van der Waals surface area contributed by atoms with E-state index in [4.69, 9.17) is 0 Å². The van der Waals surface area contributed by atoms with Crippen LogP contribution >= 0.6 is 0 Å². The van der Waals surface area contributed by atoms with Gasteiger partial charge in [0.2, 0.25) is 0 Å². The van der Waals surface area contributed by atoms with Gasteiger partial charge in [-0.05, 0) is 32.0 Å². The van der Waals surface area contributed by atoms with Crippen LogP contribution < -0.4 is 0 Å². The molecule has 2 rings (SSSR count). The summed E-state index contributed by atoms with van der Waals surface area (Å²) in [5.74, 6) is 0. The van der Waals surface area contributed by atoms with Gasteiger partial charge in [-0.15, -0.1) is 0 Å². The lowest BCUT2D eigenvalue weighted by Crippen LogP contribution is -2.44. The molecule has 2 heterocycles. The van der Waals surface area contributed by atoms with Crippen LogP contribution in [0.5, 0.6) is 0 Å². The summed E-state index contributed by atoms with van der Waals surface area (Å²) in [6.07, 6.45) is 0.913. The van der Waals surface area contributed by atoms with Gasteiger partial charge in [0.25, 0.3) is 0 Å². The molecule has 1 fully saturated rings. The number of aldehydes is 1. The van der Waals surface area contributed by atoms with Gasteiger partial charge in [0.1, 0.15) is 0 Å². The lowest BCUT2D eigenvalue weighted by atomic mass is 10.1. The predicted octanol–water partition coefficient (Wildman–Crippen LogP) is 1.19. The molecule has 0 spiro atoms. The van der Waals surface area contributed by atoms with Crippen molar-refractivity contribution in [3.8, 4) is 0 Å². The van der Waals surface area contributed by atoms with E-state index < -0.39 is 0 Å². The molecule has 0 aromatic carbocycles. The molecule has 1 aromatic heterocycles. The maximum absolute atomic E-state index is 10.9. The van der Waals surface area contributed by atoms with Gasteiger partial charge in [-0.2, -0.15) is 0 Å². The number of nitrogens with one attached hydrogen (secondary N) is 1. The van der Waals surface area contributed by atoms with E-state index in [9.17, 15) is 4.79 Å². The Morgan fingerprint density at radius 3 is 2.41 bits per heavy atom. The van der Waals surface area contributed by atoms with Gasteiger partial charge in [-0.1, -0.05) is 0 Å². The van der Waals surface area contributed by atoms with Crippen molar-refractivity contribution in [1.82, 2.24) is 14.8 Å². The molecule has 1 aliphatic heterocycles. The second-order valence-corrected chi connectivity index (χ2v) is 4.96. The molecule has 1 aromatic rings. The summed E-state index contributed by atoms with van der Waals surface area (Å²) in [4.78, 5) is 18.8. The number of piperazine rings is 1. The number of likely N-dealkylation sites (N-methyl/N-ethyl adjacent to an activating group) is 1. The van der Waals surface area contributed by atoms with Crippen LogP contribution in [0.25, 0.3) is 0 Å². The Hall–Kier alpha value is -1.13. The zero-order chi connectivity index (χ0) is 12.4. The minimum atomic E-state index is 0.728. The summed E-state index contributed by atoms with van der Waals surface area (Å²) in [6, 6.07) is 0. The number of nitrogens with zero attached hydrogens (tertiary/aromatic N) is 2. The number of hydrogen-bond acceptors (Lipinski definition) is 3. The molecule has 4 heteroatoms. The normalized spacial score (nSPS) is 18.5. The number of carbonyl (C=O) groups is 1. The van der Waals surface area contributed by atoms with Crippen molar-refractivity contribution in [3.63, 3.8) is 0 Å². The molecule has 0 saturated carbocycles. The monoisotopic (exact) mass is 235 g/mol. The van der Waals surface area contributed by atoms with Gasteiger partial charge in [0.15, 0.2) is 6.29 Å². The number of H-pyrrole nitrogens is 1.